The third-order valence-corrected chi connectivity index (χ3v) is 1.84. The molecule has 12 heavy (non-hydrogen) atoms. The summed E-state index contributed by atoms with van der Waals surface area (Å²) in [6, 6.07) is 0. The van der Waals surface area contributed by atoms with Gasteiger partial charge in [0.15, 0.2) is 4.98 Å². The minimum Gasteiger partial charge on any atom is -0.475 e. The lowest BCUT2D eigenvalue weighted by Gasteiger charge is -1.93. The van der Waals surface area contributed by atoms with Crippen LogP contribution in [0.5, 0.6) is 0 Å². The smallest absolute Gasteiger partial charge is 0.466 e. The molecule has 0 spiro atoms. The van der Waals surface area contributed by atoms with Crippen LogP contribution in [-0.4, -0.2) is 12.2 Å². The van der Waals surface area contributed by atoms with Gasteiger partial charge in [-0.2, -0.15) is 0 Å². The van der Waals surface area contributed by atoms with Gasteiger partial charge in [0.1, 0.15) is 0 Å². The Labute approximate surface area is 70.8 Å². The molecule has 0 saturated carbocycles. The van der Waals surface area contributed by atoms with Gasteiger partial charge in [0.2, 0.25) is 5.39 Å². The van der Waals surface area contributed by atoms with Gasteiger partial charge in [0.05, 0.1) is 12.7 Å². The molecule has 0 amide bonds. The van der Waals surface area contributed by atoms with Crippen molar-refractivity contribution >= 4 is 0 Å². The van der Waals surface area contributed by atoms with Crippen molar-refractivity contribution in [2.75, 3.05) is 7.11 Å². The molecule has 0 heterocycles. The average Bonchev–Trinajstić information content (AvgIpc) is 2.58. The van der Waals surface area contributed by atoms with E-state index in [4.69, 9.17) is 10.5 Å². The maximum Gasteiger partial charge on any atom is 0.466 e. The Morgan fingerprint density at radius 1 is 1.75 bits per heavy atom. The van der Waals surface area contributed by atoms with E-state index < -0.39 is 0 Å². The van der Waals surface area contributed by atoms with Crippen LogP contribution in [0.4, 0.5) is 0 Å². The van der Waals surface area contributed by atoms with Crippen LogP contribution in [0.15, 0.2) is 23.3 Å². The number of aliphatic hydroxyl groups is 1. The van der Waals surface area contributed by atoms with Gasteiger partial charge >= 0.3 is 11.6 Å². The molecule has 1 aliphatic carbocycles. The number of rotatable bonds is 2. The highest BCUT2D eigenvalue weighted by molar-refractivity contribution is 5.37. The molecule has 0 fully saturated rings. The number of diazo groups is 1. The molecule has 0 aromatic carbocycles. The van der Waals surface area contributed by atoms with Crippen LogP contribution in [0.25, 0.3) is 4.98 Å². The molecule has 4 heteroatoms. The van der Waals surface area contributed by atoms with Gasteiger partial charge in [0.25, 0.3) is 0 Å². The summed E-state index contributed by atoms with van der Waals surface area (Å²) in [6.07, 6.45) is 4.76. The third-order valence-electron chi connectivity index (χ3n) is 1.84. The summed E-state index contributed by atoms with van der Waals surface area (Å²) in [6.45, 7) is 0. The Balaban J connectivity index is 2.90. The first kappa shape index (κ1) is 8.60. The lowest BCUT2D eigenvalue weighted by molar-refractivity contribution is 0.133. The molecule has 1 N–H and O–H groups in total. The summed E-state index contributed by atoms with van der Waals surface area (Å²) in [7, 11) is 1.33. The van der Waals surface area contributed by atoms with Gasteiger partial charge in [-0.3, -0.25) is 0 Å². The van der Waals surface area contributed by atoms with Gasteiger partial charge in [-0.25, -0.2) is 0 Å². The van der Waals surface area contributed by atoms with Crippen LogP contribution in [0.2, 0.25) is 0 Å². The lowest BCUT2D eigenvalue weighted by Crippen LogP contribution is -1.92. The normalized spacial score (nSPS) is 17.8. The highest BCUT2D eigenvalue weighted by Crippen LogP contribution is 2.27. The van der Waals surface area contributed by atoms with Crippen LogP contribution >= 0.6 is 0 Å². The van der Waals surface area contributed by atoms with Crippen molar-refractivity contribution in [1.82, 2.24) is 0 Å². The summed E-state index contributed by atoms with van der Waals surface area (Å²) in [5.74, 6) is -0.328. The first-order chi connectivity index (χ1) is 5.79. The minimum atomic E-state index is -0.328. The zero-order valence-corrected chi connectivity index (χ0v) is 6.95. The van der Waals surface area contributed by atoms with Crippen molar-refractivity contribution in [3.63, 3.8) is 0 Å². The molecular formula is C8H11N2O2+. The van der Waals surface area contributed by atoms with E-state index in [-0.39, 0.29) is 11.6 Å². The topological polar surface area (TPSA) is 57.6 Å². The fraction of sp³-hybridized carbons (Fsp3) is 0.500. The van der Waals surface area contributed by atoms with Crippen molar-refractivity contribution in [1.29, 1.82) is 5.39 Å². The van der Waals surface area contributed by atoms with E-state index >= 15 is 0 Å². The van der Waals surface area contributed by atoms with E-state index in [1.165, 1.54) is 7.11 Å². The molecule has 0 radical (unpaired) electrons. The summed E-state index contributed by atoms with van der Waals surface area (Å²) >= 11 is 0. The predicted molar refractivity (Wildman–Crippen MR) is 43.7 cm³/mol. The van der Waals surface area contributed by atoms with Gasteiger partial charge in [0, 0.05) is 0 Å². The number of aliphatic hydroxyl groups excluding tert-OH is 1. The Bertz CT molecular complexity index is 273. The second-order valence-corrected chi connectivity index (χ2v) is 2.58. The monoisotopic (exact) mass is 167 g/mol. The molecule has 0 aromatic rings. The molecule has 0 aliphatic heterocycles. The van der Waals surface area contributed by atoms with Crippen molar-refractivity contribution in [3.05, 3.63) is 28.3 Å². The van der Waals surface area contributed by atoms with Gasteiger partial charge < -0.3 is 9.84 Å². The van der Waals surface area contributed by atoms with Crippen LogP contribution in [0.3, 0.4) is 0 Å². The first-order valence-electron chi connectivity index (χ1n) is 3.81. The molecule has 1 aliphatic rings. The molecule has 64 valence electrons. The number of hydrogen-bond acceptors (Lipinski definition) is 3. The maximum absolute atomic E-state index is 9.14. The van der Waals surface area contributed by atoms with E-state index in [2.05, 4.69) is 9.71 Å². The molecule has 0 unspecified atom stereocenters. The van der Waals surface area contributed by atoms with Gasteiger partial charge in [-0.05, 0) is 19.3 Å². The van der Waals surface area contributed by atoms with Gasteiger partial charge in [-0.15, -0.1) is 0 Å². The van der Waals surface area contributed by atoms with Crippen LogP contribution in [0.1, 0.15) is 19.3 Å². The van der Waals surface area contributed by atoms with Crippen molar-refractivity contribution in [2.24, 2.45) is 0 Å². The number of ether oxygens (including phenoxy) is 1. The third kappa shape index (κ3) is 1.56. The molecular weight excluding hydrogens is 156 g/mol. The SMILES string of the molecule is CO/C(O)=C(/[N+]#N)C1=CCCC1. The van der Waals surface area contributed by atoms with Gasteiger partial charge in [-0.1, -0.05) is 6.08 Å². The zero-order valence-electron chi connectivity index (χ0n) is 6.95. The lowest BCUT2D eigenvalue weighted by atomic mass is 10.2. The predicted octanol–water partition coefficient (Wildman–Crippen LogP) is 2.32. The summed E-state index contributed by atoms with van der Waals surface area (Å²) in [5, 5.41) is 17.7. The highest BCUT2D eigenvalue weighted by Gasteiger charge is 2.27. The Kier molecular flexibility index (Phi) is 2.70. The molecule has 0 aromatic heterocycles. The van der Waals surface area contributed by atoms with Crippen molar-refractivity contribution in [2.45, 2.75) is 19.3 Å². The Hall–Kier alpha value is -1.50. The number of nitrogens with zero attached hydrogens (tertiary/aromatic N) is 2. The standard InChI is InChI=1S/C8H10N2O2/c1-12-8(11)7(10-9)6-4-2-3-5-6/h4H,2-3,5H2,1H3/p+1/b8-7+. The van der Waals surface area contributed by atoms with E-state index in [0.29, 0.717) is 0 Å². The maximum atomic E-state index is 9.14. The largest absolute Gasteiger partial charge is 0.475 e. The average molecular weight is 167 g/mol. The number of allylic oxidation sites excluding steroid dienone is 2. The van der Waals surface area contributed by atoms with Crippen LogP contribution < -0.4 is 0 Å². The van der Waals surface area contributed by atoms with E-state index in [0.717, 1.165) is 24.8 Å². The molecule has 1 rings (SSSR count). The van der Waals surface area contributed by atoms with Crippen molar-refractivity contribution < 1.29 is 9.84 Å². The summed E-state index contributed by atoms with van der Waals surface area (Å²) in [5.41, 5.74) is 0.992. The summed E-state index contributed by atoms with van der Waals surface area (Å²) in [4.78, 5) is 2.98. The number of hydrogen-bond donors (Lipinski definition) is 1. The molecule has 0 atom stereocenters. The molecule has 0 bridgehead atoms. The molecule has 4 nitrogen and oxygen atoms in total. The Morgan fingerprint density at radius 3 is 2.92 bits per heavy atom. The van der Waals surface area contributed by atoms with Crippen LogP contribution in [0, 0.1) is 5.39 Å². The van der Waals surface area contributed by atoms with E-state index in [9.17, 15) is 0 Å². The molecule has 0 saturated heterocycles. The summed E-state index contributed by atoms with van der Waals surface area (Å²) < 4.78 is 4.56. The fourth-order valence-electron chi connectivity index (χ4n) is 1.23. The quantitative estimate of drug-likeness (QED) is 0.507. The highest BCUT2D eigenvalue weighted by atomic mass is 16.6. The second-order valence-electron chi connectivity index (χ2n) is 2.58. The first-order valence-corrected chi connectivity index (χ1v) is 3.81. The van der Waals surface area contributed by atoms with Crippen LogP contribution in [-0.2, 0) is 4.74 Å². The fourth-order valence-corrected chi connectivity index (χ4v) is 1.23. The minimum absolute atomic E-state index is 0.148. The second kappa shape index (κ2) is 3.77. The number of methoxy groups -OCH3 is 1. The van der Waals surface area contributed by atoms with E-state index in [1.807, 2.05) is 6.08 Å². The van der Waals surface area contributed by atoms with E-state index in [1.54, 1.807) is 0 Å². The zero-order chi connectivity index (χ0) is 8.97. The Morgan fingerprint density at radius 2 is 2.50 bits per heavy atom. The van der Waals surface area contributed by atoms with Crippen molar-refractivity contribution in [3.8, 4) is 0 Å².